The smallest absolute Gasteiger partial charge is 0.317 e. The molecule has 1 aliphatic rings. The first-order chi connectivity index (χ1) is 11.3. The third kappa shape index (κ3) is 4.55. The molecule has 1 aliphatic heterocycles. The van der Waals surface area contributed by atoms with Crippen LogP contribution in [-0.2, 0) is 19.7 Å². The number of carbonyl (C=O) groups excluding carboxylic acids is 1. The third-order valence-electron chi connectivity index (χ3n) is 4.38. The predicted octanol–water partition coefficient (Wildman–Crippen LogP) is 1.21. The van der Waals surface area contributed by atoms with Gasteiger partial charge in [0.25, 0.3) is 0 Å². The number of morpholine rings is 1. The lowest BCUT2D eigenvalue weighted by Crippen LogP contribution is -2.53. The Balaban J connectivity index is 2.01. The van der Waals surface area contributed by atoms with Crippen molar-refractivity contribution in [1.82, 2.24) is 9.80 Å². The van der Waals surface area contributed by atoms with E-state index < -0.39 is 11.4 Å². The average molecular weight is 334 g/mol. The second-order valence-corrected chi connectivity index (χ2v) is 6.83. The number of hydrogen-bond donors (Lipinski definition) is 1. The highest BCUT2D eigenvalue weighted by Gasteiger charge is 2.36. The van der Waals surface area contributed by atoms with Crippen molar-refractivity contribution < 1.29 is 19.4 Å². The van der Waals surface area contributed by atoms with Crippen LogP contribution in [0.3, 0.4) is 0 Å². The highest BCUT2D eigenvalue weighted by molar-refractivity contribution is 5.87. The highest BCUT2D eigenvalue weighted by atomic mass is 16.5. The molecule has 1 N–H and O–H groups in total. The summed E-state index contributed by atoms with van der Waals surface area (Å²) < 4.78 is 5.70. The Morgan fingerprint density at radius 1 is 1.33 bits per heavy atom. The van der Waals surface area contributed by atoms with Gasteiger partial charge in [-0.15, -0.1) is 0 Å². The van der Waals surface area contributed by atoms with Gasteiger partial charge in [0.15, 0.2) is 0 Å². The van der Waals surface area contributed by atoms with E-state index in [1.54, 1.807) is 11.9 Å². The second kappa shape index (κ2) is 7.77. The predicted molar refractivity (Wildman–Crippen MR) is 90.9 cm³/mol. The minimum atomic E-state index is -0.869. The maximum atomic E-state index is 13.0. The van der Waals surface area contributed by atoms with E-state index in [1.165, 1.54) is 0 Å². The van der Waals surface area contributed by atoms with Gasteiger partial charge in [-0.2, -0.15) is 0 Å². The number of rotatable bonds is 6. The molecule has 1 heterocycles. The van der Waals surface area contributed by atoms with Crippen LogP contribution in [0.25, 0.3) is 0 Å². The van der Waals surface area contributed by atoms with Crippen LogP contribution < -0.4 is 0 Å². The normalized spacial score (nSPS) is 18.7. The van der Waals surface area contributed by atoms with Crippen LogP contribution in [0.2, 0.25) is 0 Å². The number of nitrogens with zero attached hydrogens (tertiary/aromatic N) is 2. The van der Waals surface area contributed by atoms with Gasteiger partial charge in [-0.3, -0.25) is 14.5 Å². The van der Waals surface area contributed by atoms with Crippen molar-refractivity contribution in [3.05, 3.63) is 35.9 Å². The Kier molecular flexibility index (Phi) is 5.96. The van der Waals surface area contributed by atoms with Gasteiger partial charge in [0, 0.05) is 19.6 Å². The fourth-order valence-corrected chi connectivity index (χ4v) is 3.03. The number of carbonyl (C=O) groups is 2. The van der Waals surface area contributed by atoms with Crippen LogP contribution in [0.15, 0.2) is 30.3 Å². The largest absolute Gasteiger partial charge is 0.480 e. The van der Waals surface area contributed by atoms with Gasteiger partial charge < -0.3 is 14.7 Å². The minimum absolute atomic E-state index is 0.0384. The zero-order chi connectivity index (χ0) is 17.7. The van der Waals surface area contributed by atoms with Crippen LogP contribution in [-0.4, -0.2) is 72.7 Å². The average Bonchev–Trinajstić information content (AvgIpc) is 2.54. The highest BCUT2D eigenvalue weighted by Crippen LogP contribution is 2.26. The number of hydrogen-bond acceptors (Lipinski definition) is 4. The van der Waals surface area contributed by atoms with Gasteiger partial charge >= 0.3 is 5.97 Å². The summed E-state index contributed by atoms with van der Waals surface area (Å²) in [5, 5.41) is 8.84. The van der Waals surface area contributed by atoms with E-state index in [1.807, 2.05) is 49.1 Å². The molecule has 6 nitrogen and oxygen atoms in total. The Hall–Kier alpha value is -1.92. The molecule has 1 atom stereocenters. The van der Waals surface area contributed by atoms with E-state index in [0.717, 1.165) is 5.56 Å². The van der Waals surface area contributed by atoms with Gasteiger partial charge in [-0.1, -0.05) is 30.3 Å². The van der Waals surface area contributed by atoms with Gasteiger partial charge in [-0.25, -0.2) is 0 Å². The molecule has 1 aromatic carbocycles. The Bertz CT molecular complexity index is 574. The van der Waals surface area contributed by atoms with Gasteiger partial charge in [0.05, 0.1) is 24.7 Å². The second-order valence-electron chi connectivity index (χ2n) is 6.83. The molecular formula is C18H26N2O4. The van der Waals surface area contributed by atoms with Gasteiger partial charge in [0.1, 0.15) is 0 Å². The molecule has 1 amide bonds. The summed E-state index contributed by atoms with van der Waals surface area (Å²) in [6.07, 6.45) is -0.168. The fourth-order valence-electron chi connectivity index (χ4n) is 3.03. The molecule has 0 saturated carbocycles. The molecule has 1 fully saturated rings. The molecule has 0 bridgehead atoms. The number of aliphatic carboxylic acids is 1. The zero-order valence-electron chi connectivity index (χ0n) is 14.6. The maximum Gasteiger partial charge on any atom is 0.317 e. The summed E-state index contributed by atoms with van der Waals surface area (Å²) in [5.41, 5.74) is 0.386. The molecule has 6 heteroatoms. The van der Waals surface area contributed by atoms with E-state index >= 15 is 0 Å². The van der Waals surface area contributed by atoms with Gasteiger partial charge in [-0.05, 0) is 26.5 Å². The molecule has 0 aromatic heterocycles. The Morgan fingerprint density at radius 3 is 2.62 bits per heavy atom. The number of likely N-dealkylation sites (N-methyl/N-ethyl adjacent to an activating group) is 1. The lowest BCUT2D eigenvalue weighted by Gasteiger charge is -2.38. The lowest BCUT2D eigenvalue weighted by atomic mass is 9.83. The van der Waals surface area contributed by atoms with E-state index in [-0.39, 0.29) is 18.6 Å². The quantitative estimate of drug-likeness (QED) is 0.847. The number of amides is 1. The first kappa shape index (κ1) is 18.4. The van der Waals surface area contributed by atoms with Crippen molar-refractivity contribution in [3.63, 3.8) is 0 Å². The van der Waals surface area contributed by atoms with Crippen molar-refractivity contribution in [1.29, 1.82) is 0 Å². The summed E-state index contributed by atoms with van der Waals surface area (Å²) >= 11 is 0. The van der Waals surface area contributed by atoms with Crippen LogP contribution in [0.1, 0.15) is 19.4 Å². The first-order valence-electron chi connectivity index (χ1n) is 8.17. The SMILES string of the molecule is CN(CC(=O)O)CC1CN(C(=O)C(C)(C)c2ccccc2)CCO1. The molecule has 24 heavy (non-hydrogen) atoms. The third-order valence-corrected chi connectivity index (χ3v) is 4.38. The molecule has 1 aromatic rings. The fraction of sp³-hybridized carbons (Fsp3) is 0.556. The standard InChI is InChI=1S/C18H26N2O4/c1-18(2,14-7-5-4-6-8-14)17(23)20-9-10-24-15(12-20)11-19(3)13-16(21)22/h4-8,15H,9-13H2,1-3H3,(H,21,22). The molecule has 2 rings (SSSR count). The topological polar surface area (TPSA) is 70.1 Å². The molecule has 0 radical (unpaired) electrons. The molecule has 0 aliphatic carbocycles. The summed E-state index contributed by atoms with van der Waals surface area (Å²) in [4.78, 5) is 27.3. The molecule has 132 valence electrons. The lowest BCUT2D eigenvalue weighted by molar-refractivity contribution is -0.146. The Morgan fingerprint density at radius 2 is 2.00 bits per heavy atom. The minimum Gasteiger partial charge on any atom is -0.480 e. The van der Waals surface area contributed by atoms with Gasteiger partial charge in [0.2, 0.25) is 5.91 Å². The first-order valence-corrected chi connectivity index (χ1v) is 8.17. The van der Waals surface area contributed by atoms with E-state index in [2.05, 4.69) is 0 Å². The monoisotopic (exact) mass is 334 g/mol. The van der Waals surface area contributed by atoms with Crippen molar-refractivity contribution in [2.75, 3.05) is 39.8 Å². The summed E-state index contributed by atoms with van der Waals surface area (Å²) in [5.74, 6) is -0.797. The van der Waals surface area contributed by atoms with Crippen molar-refractivity contribution in [2.24, 2.45) is 0 Å². The number of carboxylic acid groups (broad SMARTS) is 1. The Labute approximate surface area is 143 Å². The van der Waals surface area contributed by atoms with Crippen molar-refractivity contribution in [3.8, 4) is 0 Å². The van der Waals surface area contributed by atoms with E-state index in [4.69, 9.17) is 9.84 Å². The molecule has 1 saturated heterocycles. The summed E-state index contributed by atoms with van der Waals surface area (Å²) in [6.45, 7) is 5.85. The van der Waals surface area contributed by atoms with Crippen LogP contribution >= 0.6 is 0 Å². The maximum absolute atomic E-state index is 13.0. The van der Waals surface area contributed by atoms with Crippen LogP contribution in [0.5, 0.6) is 0 Å². The molecular weight excluding hydrogens is 308 g/mol. The van der Waals surface area contributed by atoms with Crippen LogP contribution in [0.4, 0.5) is 0 Å². The van der Waals surface area contributed by atoms with Crippen molar-refractivity contribution in [2.45, 2.75) is 25.4 Å². The molecule has 1 unspecified atom stereocenters. The van der Waals surface area contributed by atoms with E-state index in [0.29, 0.717) is 26.2 Å². The number of benzene rings is 1. The number of ether oxygens (including phenoxy) is 1. The van der Waals surface area contributed by atoms with Crippen molar-refractivity contribution >= 4 is 11.9 Å². The summed E-state index contributed by atoms with van der Waals surface area (Å²) in [6, 6.07) is 9.75. The molecule has 0 spiro atoms. The van der Waals surface area contributed by atoms with Crippen LogP contribution in [0, 0.1) is 0 Å². The van der Waals surface area contributed by atoms with E-state index in [9.17, 15) is 9.59 Å². The zero-order valence-corrected chi connectivity index (χ0v) is 14.6. The summed E-state index contributed by atoms with van der Waals surface area (Å²) in [7, 11) is 1.74. The number of carboxylic acids is 1.